The molecule has 2 unspecified atom stereocenters. The van der Waals surface area contributed by atoms with Gasteiger partial charge in [-0.2, -0.15) is 0 Å². The molecule has 3 nitrogen and oxygen atoms in total. The molecular weight excluding hydrogens is 140 g/mol. The van der Waals surface area contributed by atoms with E-state index in [0.29, 0.717) is 12.5 Å². The average molecular weight is 158 g/mol. The number of nitrogens with two attached hydrogens (primary N) is 2. The second-order valence-corrected chi connectivity index (χ2v) is 3.79. The van der Waals surface area contributed by atoms with E-state index in [9.17, 15) is 0 Å². The number of hydrogen-bond donors (Lipinski definition) is 2. The lowest BCUT2D eigenvalue weighted by Gasteiger charge is -2.25. The lowest BCUT2D eigenvalue weighted by molar-refractivity contribution is 0.178. The summed E-state index contributed by atoms with van der Waals surface area (Å²) in [6.45, 7) is 4.33. The summed E-state index contributed by atoms with van der Waals surface area (Å²) in [6.07, 6.45) is 2.14. The van der Waals surface area contributed by atoms with Gasteiger partial charge in [0.25, 0.3) is 0 Å². The van der Waals surface area contributed by atoms with Gasteiger partial charge in [-0.25, -0.2) is 0 Å². The van der Waals surface area contributed by atoms with Gasteiger partial charge in [-0.05, 0) is 25.7 Å². The first-order valence-electron chi connectivity index (χ1n) is 4.21. The van der Waals surface area contributed by atoms with Crippen LogP contribution < -0.4 is 11.5 Å². The molecule has 4 N–H and O–H groups in total. The molecule has 1 aliphatic heterocycles. The van der Waals surface area contributed by atoms with E-state index in [1.807, 2.05) is 6.92 Å². The van der Waals surface area contributed by atoms with Crippen LogP contribution in [0.1, 0.15) is 19.8 Å². The minimum Gasteiger partial charge on any atom is -0.381 e. The molecule has 1 fully saturated rings. The fourth-order valence-electron chi connectivity index (χ4n) is 1.49. The second kappa shape index (κ2) is 3.52. The van der Waals surface area contributed by atoms with E-state index in [2.05, 4.69) is 0 Å². The summed E-state index contributed by atoms with van der Waals surface area (Å²) < 4.78 is 5.25. The molecule has 11 heavy (non-hydrogen) atoms. The molecule has 0 radical (unpaired) electrons. The Kier molecular flexibility index (Phi) is 2.87. The van der Waals surface area contributed by atoms with Gasteiger partial charge >= 0.3 is 0 Å². The zero-order valence-corrected chi connectivity index (χ0v) is 7.18. The van der Waals surface area contributed by atoms with E-state index < -0.39 is 0 Å². The first kappa shape index (κ1) is 8.97. The van der Waals surface area contributed by atoms with Crippen LogP contribution in [0.15, 0.2) is 0 Å². The molecule has 1 heterocycles. The Balaban J connectivity index is 2.28. The Morgan fingerprint density at radius 3 is 2.82 bits per heavy atom. The third-order valence-corrected chi connectivity index (χ3v) is 2.25. The fraction of sp³-hybridized carbons (Fsp3) is 1.00. The minimum atomic E-state index is -0.196. The molecule has 0 bridgehead atoms. The zero-order valence-electron chi connectivity index (χ0n) is 7.18. The number of rotatable bonds is 3. The van der Waals surface area contributed by atoms with Crippen LogP contribution in [0.4, 0.5) is 0 Å². The first-order valence-corrected chi connectivity index (χ1v) is 4.21. The number of ether oxygens (including phenoxy) is 1. The van der Waals surface area contributed by atoms with E-state index in [-0.39, 0.29) is 5.54 Å². The molecule has 0 aromatic heterocycles. The molecule has 0 aliphatic carbocycles. The molecular formula is C8H18N2O. The minimum absolute atomic E-state index is 0.196. The van der Waals surface area contributed by atoms with E-state index >= 15 is 0 Å². The van der Waals surface area contributed by atoms with Gasteiger partial charge in [0.05, 0.1) is 0 Å². The molecule has 3 heteroatoms. The molecule has 0 aromatic rings. The topological polar surface area (TPSA) is 61.3 Å². The summed E-state index contributed by atoms with van der Waals surface area (Å²) in [4.78, 5) is 0. The third kappa shape index (κ3) is 2.77. The maximum atomic E-state index is 5.92. The van der Waals surface area contributed by atoms with E-state index in [4.69, 9.17) is 16.2 Å². The van der Waals surface area contributed by atoms with Crippen molar-refractivity contribution in [3.8, 4) is 0 Å². The van der Waals surface area contributed by atoms with Gasteiger partial charge in [0.2, 0.25) is 0 Å². The van der Waals surface area contributed by atoms with Gasteiger partial charge in [-0.3, -0.25) is 0 Å². The normalized spacial score (nSPS) is 30.3. The molecule has 2 atom stereocenters. The summed E-state index contributed by atoms with van der Waals surface area (Å²) in [5, 5.41) is 0. The van der Waals surface area contributed by atoms with Crippen LogP contribution in [0, 0.1) is 5.92 Å². The number of hydrogen-bond acceptors (Lipinski definition) is 3. The molecule has 1 aliphatic rings. The maximum Gasteiger partial charge on any atom is 0.0495 e. The molecule has 0 aromatic carbocycles. The van der Waals surface area contributed by atoms with Crippen LogP contribution in [-0.2, 0) is 4.74 Å². The van der Waals surface area contributed by atoms with Crippen molar-refractivity contribution in [2.45, 2.75) is 25.3 Å². The smallest absolute Gasteiger partial charge is 0.0495 e. The van der Waals surface area contributed by atoms with Gasteiger partial charge in [0, 0.05) is 25.3 Å². The average Bonchev–Trinajstić information content (AvgIpc) is 2.39. The quantitative estimate of drug-likeness (QED) is 0.612. The Morgan fingerprint density at radius 1 is 1.64 bits per heavy atom. The summed E-state index contributed by atoms with van der Waals surface area (Å²) >= 11 is 0. The van der Waals surface area contributed by atoms with Crippen molar-refractivity contribution in [1.29, 1.82) is 0 Å². The van der Waals surface area contributed by atoms with Crippen molar-refractivity contribution in [3.05, 3.63) is 0 Å². The highest BCUT2D eigenvalue weighted by Crippen LogP contribution is 2.21. The molecule has 0 spiro atoms. The van der Waals surface area contributed by atoms with Crippen molar-refractivity contribution >= 4 is 0 Å². The van der Waals surface area contributed by atoms with Crippen LogP contribution in [0.5, 0.6) is 0 Å². The van der Waals surface area contributed by atoms with Crippen LogP contribution in [0.3, 0.4) is 0 Å². The Hall–Kier alpha value is -0.120. The van der Waals surface area contributed by atoms with Crippen molar-refractivity contribution < 1.29 is 4.74 Å². The monoisotopic (exact) mass is 158 g/mol. The van der Waals surface area contributed by atoms with Crippen molar-refractivity contribution in [2.75, 3.05) is 19.8 Å². The molecule has 1 rings (SSSR count). The highest BCUT2D eigenvalue weighted by molar-refractivity contribution is 4.83. The summed E-state index contributed by atoms with van der Waals surface area (Å²) in [5.41, 5.74) is 11.2. The Bertz CT molecular complexity index is 119. The first-order chi connectivity index (χ1) is 5.14. The molecule has 66 valence electrons. The van der Waals surface area contributed by atoms with Crippen LogP contribution in [0.2, 0.25) is 0 Å². The predicted molar refractivity (Wildman–Crippen MR) is 45.2 cm³/mol. The largest absolute Gasteiger partial charge is 0.381 e. The highest BCUT2D eigenvalue weighted by Gasteiger charge is 2.24. The Labute approximate surface area is 68.1 Å². The van der Waals surface area contributed by atoms with E-state index in [1.54, 1.807) is 0 Å². The van der Waals surface area contributed by atoms with Crippen LogP contribution in [-0.4, -0.2) is 25.3 Å². The van der Waals surface area contributed by atoms with Gasteiger partial charge < -0.3 is 16.2 Å². The summed E-state index contributed by atoms with van der Waals surface area (Å²) in [5.74, 6) is 0.633. The predicted octanol–water partition coefficient (Wildman–Crippen LogP) is 0.0891. The zero-order chi connectivity index (χ0) is 8.32. The third-order valence-electron chi connectivity index (χ3n) is 2.25. The highest BCUT2D eigenvalue weighted by atomic mass is 16.5. The Morgan fingerprint density at radius 2 is 2.36 bits per heavy atom. The molecule has 1 saturated heterocycles. The maximum absolute atomic E-state index is 5.92. The lowest BCUT2D eigenvalue weighted by Crippen LogP contribution is -2.45. The summed E-state index contributed by atoms with van der Waals surface area (Å²) in [6, 6.07) is 0. The van der Waals surface area contributed by atoms with Gasteiger partial charge in [-0.1, -0.05) is 0 Å². The van der Waals surface area contributed by atoms with Gasteiger partial charge in [0.1, 0.15) is 0 Å². The van der Waals surface area contributed by atoms with Crippen molar-refractivity contribution in [2.24, 2.45) is 17.4 Å². The standard InChI is InChI=1S/C8H18N2O/c1-8(10,6-9)4-7-2-3-11-5-7/h7H,2-6,9-10H2,1H3. The van der Waals surface area contributed by atoms with Crippen LogP contribution >= 0.6 is 0 Å². The van der Waals surface area contributed by atoms with E-state index in [1.165, 1.54) is 0 Å². The molecule has 0 saturated carbocycles. The summed E-state index contributed by atoms with van der Waals surface area (Å²) in [7, 11) is 0. The SMILES string of the molecule is CC(N)(CN)CC1CCOC1. The lowest BCUT2D eigenvalue weighted by atomic mass is 9.89. The van der Waals surface area contributed by atoms with Gasteiger partial charge in [-0.15, -0.1) is 0 Å². The van der Waals surface area contributed by atoms with Gasteiger partial charge in [0.15, 0.2) is 0 Å². The van der Waals surface area contributed by atoms with Crippen LogP contribution in [0.25, 0.3) is 0 Å². The molecule has 0 amide bonds. The van der Waals surface area contributed by atoms with Crippen molar-refractivity contribution in [1.82, 2.24) is 0 Å². The van der Waals surface area contributed by atoms with E-state index in [0.717, 1.165) is 26.1 Å². The fourth-order valence-corrected chi connectivity index (χ4v) is 1.49. The second-order valence-electron chi connectivity index (χ2n) is 3.79. The van der Waals surface area contributed by atoms with Crippen molar-refractivity contribution in [3.63, 3.8) is 0 Å².